The molecule has 0 fully saturated rings. The van der Waals surface area contributed by atoms with Crippen LogP contribution in [-0.2, 0) is 6.54 Å². The standard InChI is InChI=1S/C18H15N3S/c1-2-7-14(8-3-1)13-19-18-17(15-9-6-12-22-15)20-16-10-4-5-11-21(16)18/h1-12,19H,13H2. The molecule has 0 saturated carbocycles. The molecule has 0 spiro atoms. The van der Waals surface area contributed by atoms with Gasteiger partial charge < -0.3 is 5.32 Å². The van der Waals surface area contributed by atoms with E-state index < -0.39 is 0 Å². The van der Waals surface area contributed by atoms with Gasteiger partial charge in [-0.15, -0.1) is 11.3 Å². The number of benzene rings is 1. The molecule has 0 unspecified atom stereocenters. The minimum atomic E-state index is 0.780. The number of anilines is 1. The molecule has 22 heavy (non-hydrogen) atoms. The number of imidazole rings is 1. The average molecular weight is 305 g/mol. The maximum atomic E-state index is 4.78. The lowest BCUT2D eigenvalue weighted by atomic mass is 10.2. The van der Waals surface area contributed by atoms with Gasteiger partial charge in [0.05, 0.1) is 4.88 Å². The maximum Gasteiger partial charge on any atom is 0.139 e. The van der Waals surface area contributed by atoms with E-state index in [1.807, 2.05) is 30.5 Å². The third-order valence-electron chi connectivity index (χ3n) is 3.59. The number of thiophene rings is 1. The summed E-state index contributed by atoms with van der Waals surface area (Å²) in [5.41, 5.74) is 3.23. The summed E-state index contributed by atoms with van der Waals surface area (Å²) >= 11 is 1.71. The van der Waals surface area contributed by atoms with E-state index in [0.29, 0.717) is 0 Å². The van der Waals surface area contributed by atoms with Gasteiger partial charge in [-0.3, -0.25) is 4.40 Å². The zero-order chi connectivity index (χ0) is 14.8. The first-order chi connectivity index (χ1) is 10.9. The van der Waals surface area contributed by atoms with Crippen LogP contribution in [0.5, 0.6) is 0 Å². The predicted octanol–water partition coefficient (Wildman–Crippen LogP) is 4.67. The highest BCUT2D eigenvalue weighted by Gasteiger charge is 2.14. The van der Waals surface area contributed by atoms with Crippen molar-refractivity contribution in [2.75, 3.05) is 5.32 Å². The Morgan fingerprint density at radius 2 is 1.82 bits per heavy atom. The summed E-state index contributed by atoms with van der Waals surface area (Å²) in [6.07, 6.45) is 2.05. The fourth-order valence-electron chi connectivity index (χ4n) is 2.53. The van der Waals surface area contributed by atoms with Gasteiger partial charge in [-0.1, -0.05) is 42.5 Å². The van der Waals surface area contributed by atoms with Crippen LogP contribution >= 0.6 is 11.3 Å². The van der Waals surface area contributed by atoms with Crippen molar-refractivity contribution >= 4 is 22.8 Å². The van der Waals surface area contributed by atoms with Crippen LogP contribution < -0.4 is 5.32 Å². The molecule has 0 aliphatic rings. The highest BCUT2D eigenvalue weighted by atomic mass is 32.1. The summed E-state index contributed by atoms with van der Waals surface area (Å²) in [4.78, 5) is 5.96. The van der Waals surface area contributed by atoms with Crippen LogP contribution in [0.3, 0.4) is 0 Å². The second kappa shape index (κ2) is 5.66. The number of fused-ring (bicyclic) bond motifs is 1. The number of pyridine rings is 1. The van der Waals surface area contributed by atoms with E-state index in [1.165, 1.54) is 10.4 Å². The fraction of sp³-hybridized carbons (Fsp3) is 0.0556. The Morgan fingerprint density at radius 3 is 2.64 bits per heavy atom. The van der Waals surface area contributed by atoms with Gasteiger partial charge in [0.15, 0.2) is 0 Å². The molecular formula is C18H15N3S. The topological polar surface area (TPSA) is 29.3 Å². The molecule has 0 radical (unpaired) electrons. The summed E-state index contributed by atoms with van der Waals surface area (Å²) < 4.78 is 2.11. The Hall–Kier alpha value is -2.59. The van der Waals surface area contributed by atoms with E-state index in [1.54, 1.807) is 11.3 Å². The molecule has 108 valence electrons. The Bertz CT molecular complexity index is 879. The van der Waals surface area contributed by atoms with Crippen molar-refractivity contribution in [2.24, 2.45) is 0 Å². The van der Waals surface area contributed by atoms with Crippen LogP contribution in [0.15, 0.2) is 72.2 Å². The molecule has 1 aromatic carbocycles. The third-order valence-corrected chi connectivity index (χ3v) is 4.46. The highest BCUT2D eigenvalue weighted by Crippen LogP contribution is 2.32. The van der Waals surface area contributed by atoms with Crippen molar-refractivity contribution in [3.63, 3.8) is 0 Å². The first-order valence-electron chi connectivity index (χ1n) is 7.20. The molecule has 0 aliphatic heterocycles. The third kappa shape index (κ3) is 2.38. The van der Waals surface area contributed by atoms with Crippen molar-refractivity contribution in [2.45, 2.75) is 6.54 Å². The average Bonchev–Trinajstić information content (AvgIpc) is 3.21. The Balaban J connectivity index is 1.76. The molecule has 4 aromatic rings. The van der Waals surface area contributed by atoms with Crippen molar-refractivity contribution in [3.05, 3.63) is 77.8 Å². The molecule has 4 heteroatoms. The normalized spacial score (nSPS) is 10.9. The second-order valence-corrected chi connectivity index (χ2v) is 6.00. The van der Waals surface area contributed by atoms with Gasteiger partial charge in [-0.2, -0.15) is 0 Å². The van der Waals surface area contributed by atoms with Crippen LogP contribution in [-0.4, -0.2) is 9.38 Å². The molecule has 3 nitrogen and oxygen atoms in total. The molecule has 4 rings (SSSR count). The monoisotopic (exact) mass is 305 g/mol. The van der Waals surface area contributed by atoms with Crippen LogP contribution in [0.4, 0.5) is 5.82 Å². The quantitative estimate of drug-likeness (QED) is 0.593. The van der Waals surface area contributed by atoms with E-state index in [0.717, 1.165) is 23.7 Å². The van der Waals surface area contributed by atoms with Crippen molar-refractivity contribution in [3.8, 4) is 10.6 Å². The van der Waals surface area contributed by atoms with E-state index in [-0.39, 0.29) is 0 Å². The van der Waals surface area contributed by atoms with Crippen LogP contribution in [0.1, 0.15) is 5.56 Å². The minimum Gasteiger partial charge on any atom is -0.365 e. The predicted molar refractivity (Wildman–Crippen MR) is 92.3 cm³/mol. The lowest BCUT2D eigenvalue weighted by molar-refractivity contribution is 1.08. The molecule has 1 N–H and O–H groups in total. The number of hydrogen-bond acceptors (Lipinski definition) is 3. The fourth-order valence-corrected chi connectivity index (χ4v) is 3.25. The minimum absolute atomic E-state index is 0.780. The van der Waals surface area contributed by atoms with Crippen molar-refractivity contribution in [1.82, 2.24) is 9.38 Å². The summed E-state index contributed by atoms with van der Waals surface area (Å²) in [5, 5.41) is 5.63. The lowest BCUT2D eigenvalue weighted by Crippen LogP contribution is -2.02. The number of hydrogen-bond donors (Lipinski definition) is 1. The summed E-state index contributed by atoms with van der Waals surface area (Å²) in [6.45, 7) is 0.780. The molecule has 0 bridgehead atoms. The number of rotatable bonds is 4. The Labute approximate surface area is 132 Å². The van der Waals surface area contributed by atoms with Gasteiger partial charge in [0.2, 0.25) is 0 Å². The van der Waals surface area contributed by atoms with Gasteiger partial charge in [-0.05, 0) is 29.1 Å². The molecule has 0 amide bonds. The molecule has 3 heterocycles. The van der Waals surface area contributed by atoms with Gasteiger partial charge >= 0.3 is 0 Å². The van der Waals surface area contributed by atoms with Crippen LogP contribution in [0, 0.1) is 0 Å². The van der Waals surface area contributed by atoms with Gasteiger partial charge in [-0.25, -0.2) is 4.98 Å². The van der Waals surface area contributed by atoms with Crippen molar-refractivity contribution in [1.29, 1.82) is 0 Å². The molecule has 0 atom stereocenters. The maximum absolute atomic E-state index is 4.78. The molecule has 0 aliphatic carbocycles. The zero-order valence-corrected chi connectivity index (χ0v) is 12.8. The van der Waals surface area contributed by atoms with E-state index in [4.69, 9.17) is 4.98 Å². The number of nitrogens with one attached hydrogen (secondary N) is 1. The van der Waals surface area contributed by atoms with E-state index in [9.17, 15) is 0 Å². The van der Waals surface area contributed by atoms with Gasteiger partial charge in [0, 0.05) is 12.7 Å². The smallest absolute Gasteiger partial charge is 0.139 e. The van der Waals surface area contributed by atoms with Crippen molar-refractivity contribution < 1.29 is 0 Å². The molecular weight excluding hydrogens is 290 g/mol. The lowest BCUT2D eigenvalue weighted by Gasteiger charge is -2.08. The summed E-state index contributed by atoms with van der Waals surface area (Å²) in [6, 6.07) is 20.7. The van der Waals surface area contributed by atoms with Gasteiger partial charge in [0.25, 0.3) is 0 Å². The molecule has 0 saturated heterocycles. The summed E-state index contributed by atoms with van der Waals surface area (Å²) in [5.74, 6) is 1.04. The van der Waals surface area contributed by atoms with Gasteiger partial charge in [0.1, 0.15) is 17.2 Å². The Morgan fingerprint density at radius 1 is 0.955 bits per heavy atom. The Kier molecular flexibility index (Phi) is 3.37. The second-order valence-electron chi connectivity index (χ2n) is 5.05. The molecule has 3 aromatic heterocycles. The van der Waals surface area contributed by atoms with Crippen LogP contribution in [0.25, 0.3) is 16.2 Å². The van der Waals surface area contributed by atoms with E-state index >= 15 is 0 Å². The largest absolute Gasteiger partial charge is 0.365 e. The van der Waals surface area contributed by atoms with E-state index in [2.05, 4.69) is 51.5 Å². The first-order valence-corrected chi connectivity index (χ1v) is 8.08. The van der Waals surface area contributed by atoms with Crippen LogP contribution in [0.2, 0.25) is 0 Å². The SMILES string of the molecule is c1ccc(CNc2c(-c3cccs3)nc3ccccn23)cc1. The number of nitrogens with zero attached hydrogens (tertiary/aromatic N) is 2. The highest BCUT2D eigenvalue weighted by molar-refractivity contribution is 7.13. The number of aromatic nitrogens is 2. The first kappa shape index (κ1) is 13.1. The zero-order valence-electron chi connectivity index (χ0n) is 11.9. The summed E-state index contributed by atoms with van der Waals surface area (Å²) in [7, 11) is 0.